The highest BCUT2D eigenvalue weighted by atomic mass is 14.9. The molecule has 1 aromatic rings. The minimum Gasteiger partial charge on any atom is -0.314 e. The molecule has 0 bridgehead atoms. The van der Waals surface area contributed by atoms with Crippen LogP contribution in [0.1, 0.15) is 49.8 Å². The van der Waals surface area contributed by atoms with Gasteiger partial charge in [0.25, 0.3) is 0 Å². The average Bonchev–Trinajstić information content (AvgIpc) is 2.38. The van der Waals surface area contributed by atoms with Crippen molar-refractivity contribution in [3.8, 4) is 0 Å². The molecule has 1 atom stereocenters. The van der Waals surface area contributed by atoms with E-state index in [0.717, 1.165) is 6.54 Å². The lowest BCUT2D eigenvalue weighted by atomic mass is 9.89. The van der Waals surface area contributed by atoms with E-state index in [1.54, 1.807) is 11.1 Å². The number of fused-ring (bicyclic) bond motifs is 1. The highest BCUT2D eigenvalue weighted by molar-refractivity contribution is 5.34. The van der Waals surface area contributed by atoms with Gasteiger partial charge in [-0.25, -0.2) is 0 Å². The SMILES string of the molecule is CCNC(CC)Cc1ccc2c(c1)CCCC2. The molecule has 0 spiro atoms. The lowest BCUT2D eigenvalue weighted by molar-refractivity contribution is 0.510. The zero-order chi connectivity index (χ0) is 12.1. The summed E-state index contributed by atoms with van der Waals surface area (Å²) in [7, 11) is 0. The van der Waals surface area contributed by atoms with Crippen molar-refractivity contribution in [3.63, 3.8) is 0 Å². The van der Waals surface area contributed by atoms with Crippen LogP contribution in [0.4, 0.5) is 0 Å². The van der Waals surface area contributed by atoms with E-state index in [-0.39, 0.29) is 0 Å². The topological polar surface area (TPSA) is 12.0 Å². The quantitative estimate of drug-likeness (QED) is 0.818. The predicted octanol–water partition coefficient (Wildman–Crippen LogP) is 3.50. The van der Waals surface area contributed by atoms with E-state index >= 15 is 0 Å². The number of hydrogen-bond acceptors (Lipinski definition) is 1. The van der Waals surface area contributed by atoms with Gasteiger partial charge in [0.1, 0.15) is 0 Å². The van der Waals surface area contributed by atoms with Crippen molar-refractivity contribution in [1.29, 1.82) is 0 Å². The van der Waals surface area contributed by atoms with Gasteiger partial charge in [0.05, 0.1) is 0 Å². The number of benzene rings is 1. The zero-order valence-corrected chi connectivity index (χ0v) is 11.3. The second-order valence-electron chi connectivity index (χ2n) is 5.18. The lowest BCUT2D eigenvalue weighted by Gasteiger charge is -2.19. The molecule has 1 N–H and O–H groups in total. The van der Waals surface area contributed by atoms with Crippen molar-refractivity contribution in [2.45, 2.75) is 58.4 Å². The highest BCUT2D eigenvalue weighted by Gasteiger charge is 2.11. The van der Waals surface area contributed by atoms with Gasteiger partial charge in [-0.3, -0.25) is 0 Å². The van der Waals surface area contributed by atoms with Crippen LogP contribution in [0.15, 0.2) is 18.2 Å². The molecule has 1 heteroatoms. The van der Waals surface area contributed by atoms with Crippen molar-refractivity contribution in [2.75, 3.05) is 6.54 Å². The minimum atomic E-state index is 0.640. The van der Waals surface area contributed by atoms with Crippen LogP contribution in [0.25, 0.3) is 0 Å². The molecule has 94 valence electrons. The van der Waals surface area contributed by atoms with E-state index in [2.05, 4.69) is 37.4 Å². The first-order valence-electron chi connectivity index (χ1n) is 7.17. The molecule has 0 heterocycles. The molecule has 1 unspecified atom stereocenters. The maximum absolute atomic E-state index is 3.56. The van der Waals surface area contributed by atoms with Gasteiger partial charge < -0.3 is 5.32 Å². The first kappa shape index (κ1) is 12.6. The Labute approximate surface area is 106 Å². The molecule has 17 heavy (non-hydrogen) atoms. The third-order valence-corrected chi connectivity index (χ3v) is 3.88. The molecule has 0 saturated heterocycles. The summed E-state index contributed by atoms with van der Waals surface area (Å²) >= 11 is 0. The van der Waals surface area contributed by atoms with Gasteiger partial charge in [0.15, 0.2) is 0 Å². The Morgan fingerprint density at radius 3 is 2.59 bits per heavy atom. The van der Waals surface area contributed by atoms with E-state index in [9.17, 15) is 0 Å². The number of likely N-dealkylation sites (N-methyl/N-ethyl adjacent to an activating group) is 1. The van der Waals surface area contributed by atoms with E-state index in [4.69, 9.17) is 0 Å². The van der Waals surface area contributed by atoms with Crippen LogP contribution in [0.3, 0.4) is 0 Å². The van der Waals surface area contributed by atoms with Crippen LogP contribution < -0.4 is 5.32 Å². The third kappa shape index (κ3) is 3.32. The molecular formula is C16H25N. The Morgan fingerprint density at radius 2 is 1.88 bits per heavy atom. The summed E-state index contributed by atoms with van der Waals surface area (Å²) in [5.74, 6) is 0. The fourth-order valence-corrected chi connectivity index (χ4v) is 2.85. The van der Waals surface area contributed by atoms with Crippen molar-refractivity contribution < 1.29 is 0 Å². The highest BCUT2D eigenvalue weighted by Crippen LogP contribution is 2.22. The van der Waals surface area contributed by atoms with Crippen LogP contribution in [-0.4, -0.2) is 12.6 Å². The smallest absolute Gasteiger partial charge is 0.0105 e. The second-order valence-corrected chi connectivity index (χ2v) is 5.18. The van der Waals surface area contributed by atoms with Crippen molar-refractivity contribution in [1.82, 2.24) is 5.32 Å². The Balaban J connectivity index is 2.05. The number of aryl methyl sites for hydroxylation is 2. The maximum Gasteiger partial charge on any atom is 0.0105 e. The molecule has 0 fully saturated rings. The molecule has 1 nitrogen and oxygen atoms in total. The van der Waals surface area contributed by atoms with Crippen LogP contribution in [0, 0.1) is 0 Å². The summed E-state index contributed by atoms with van der Waals surface area (Å²) in [6, 6.07) is 7.79. The summed E-state index contributed by atoms with van der Waals surface area (Å²) in [6.45, 7) is 5.53. The monoisotopic (exact) mass is 231 g/mol. The van der Waals surface area contributed by atoms with Gasteiger partial charge in [-0.05, 0) is 61.8 Å². The van der Waals surface area contributed by atoms with Gasteiger partial charge in [-0.1, -0.05) is 32.0 Å². The first-order valence-corrected chi connectivity index (χ1v) is 7.17. The number of hydrogen-bond donors (Lipinski definition) is 1. The summed E-state index contributed by atoms with van der Waals surface area (Å²) in [4.78, 5) is 0. The standard InChI is InChI=1S/C16H25N/c1-3-16(17-4-2)12-13-9-10-14-7-5-6-8-15(14)11-13/h9-11,16-17H,3-8,12H2,1-2H3. The van der Waals surface area contributed by atoms with E-state index in [1.807, 2.05) is 0 Å². The van der Waals surface area contributed by atoms with Gasteiger partial charge in [0.2, 0.25) is 0 Å². The van der Waals surface area contributed by atoms with Gasteiger partial charge in [0, 0.05) is 6.04 Å². The summed E-state index contributed by atoms with van der Waals surface area (Å²) in [5, 5.41) is 3.56. The molecule has 0 aliphatic heterocycles. The molecular weight excluding hydrogens is 206 g/mol. The van der Waals surface area contributed by atoms with Crippen LogP contribution in [0.2, 0.25) is 0 Å². The van der Waals surface area contributed by atoms with E-state index in [0.29, 0.717) is 6.04 Å². The van der Waals surface area contributed by atoms with Crippen LogP contribution in [-0.2, 0) is 19.3 Å². The summed E-state index contributed by atoms with van der Waals surface area (Å²) < 4.78 is 0. The second kappa shape index (κ2) is 6.20. The molecule has 1 aromatic carbocycles. The normalized spacial score (nSPS) is 16.6. The Kier molecular flexibility index (Phi) is 4.61. The van der Waals surface area contributed by atoms with Gasteiger partial charge in [-0.2, -0.15) is 0 Å². The maximum atomic E-state index is 3.56. The zero-order valence-electron chi connectivity index (χ0n) is 11.3. The summed E-state index contributed by atoms with van der Waals surface area (Å²) in [5.41, 5.74) is 4.72. The van der Waals surface area contributed by atoms with Gasteiger partial charge in [-0.15, -0.1) is 0 Å². The molecule has 0 saturated carbocycles. The minimum absolute atomic E-state index is 0.640. The van der Waals surface area contributed by atoms with Gasteiger partial charge >= 0.3 is 0 Å². The predicted molar refractivity (Wildman–Crippen MR) is 74.5 cm³/mol. The Hall–Kier alpha value is -0.820. The largest absolute Gasteiger partial charge is 0.314 e. The summed E-state index contributed by atoms with van der Waals surface area (Å²) in [6.07, 6.45) is 7.73. The van der Waals surface area contributed by atoms with Crippen LogP contribution in [0.5, 0.6) is 0 Å². The molecule has 0 amide bonds. The Bertz CT molecular complexity index is 357. The fraction of sp³-hybridized carbons (Fsp3) is 0.625. The molecule has 1 aliphatic carbocycles. The van der Waals surface area contributed by atoms with Crippen LogP contribution >= 0.6 is 0 Å². The number of rotatable bonds is 5. The molecule has 0 aromatic heterocycles. The molecule has 0 radical (unpaired) electrons. The molecule has 1 aliphatic rings. The van der Waals surface area contributed by atoms with Crippen molar-refractivity contribution in [3.05, 3.63) is 34.9 Å². The van der Waals surface area contributed by atoms with E-state index < -0.39 is 0 Å². The molecule has 2 rings (SSSR count). The lowest BCUT2D eigenvalue weighted by Crippen LogP contribution is -2.30. The Morgan fingerprint density at radius 1 is 1.12 bits per heavy atom. The van der Waals surface area contributed by atoms with E-state index in [1.165, 1.54) is 44.1 Å². The van der Waals surface area contributed by atoms with Crippen molar-refractivity contribution >= 4 is 0 Å². The average molecular weight is 231 g/mol. The third-order valence-electron chi connectivity index (χ3n) is 3.88. The number of nitrogens with one attached hydrogen (secondary N) is 1. The van der Waals surface area contributed by atoms with Crippen molar-refractivity contribution in [2.24, 2.45) is 0 Å². The first-order chi connectivity index (χ1) is 8.33. The fourth-order valence-electron chi connectivity index (χ4n) is 2.85.